The normalized spacial score (nSPS) is 15.2. The third kappa shape index (κ3) is 6.66. The maximum atomic E-state index is 12.9. The zero-order chi connectivity index (χ0) is 26.3. The number of nitrogens with one attached hydrogen (secondary N) is 2. The maximum Gasteiger partial charge on any atom is 0.393 e. The predicted octanol–water partition coefficient (Wildman–Crippen LogP) is 5.18. The SMILES string of the molecule is CNC.Cc1ccc(NC(=O)N2CCC(C(F)(F)F)C2)cc1-c1cncc(-c2ccnc(C=O)c2)c1. The number of aromatic nitrogens is 2. The van der Waals surface area contributed by atoms with Gasteiger partial charge >= 0.3 is 12.2 Å². The topological polar surface area (TPSA) is 87.2 Å². The number of anilines is 1. The van der Waals surface area contributed by atoms with Crippen molar-refractivity contribution in [2.45, 2.75) is 19.5 Å². The molecular formula is C26H28F3N5O2. The Hall–Kier alpha value is -3.79. The van der Waals surface area contributed by atoms with Gasteiger partial charge in [-0.25, -0.2) is 4.79 Å². The molecule has 1 atom stereocenters. The van der Waals surface area contributed by atoms with Crippen LogP contribution < -0.4 is 10.6 Å². The molecule has 10 heteroatoms. The molecule has 0 saturated carbocycles. The molecule has 1 fully saturated rings. The van der Waals surface area contributed by atoms with Crippen LogP contribution in [0.4, 0.5) is 23.7 Å². The fourth-order valence-electron chi connectivity index (χ4n) is 3.86. The van der Waals surface area contributed by atoms with Gasteiger partial charge < -0.3 is 15.5 Å². The fourth-order valence-corrected chi connectivity index (χ4v) is 3.86. The van der Waals surface area contributed by atoms with Crippen molar-refractivity contribution in [3.63, 3.8) is 0 Å². The molecule has 2 N–H and O–H groups in total. The zero-order valence-electron chi connectivity index (χ0n) is 20.3. The first-order chi connectivity index (χ1) is 17.2. The summed E-state index contributed by atoms with van der Waals surface area (Å²) in [7, 11) is 3.75. The van der Waals surface area contributed by atoms with E-state index in [9.17, 15) is 22.8 Å². The van der Waals surface area contributed by atoms with Gasteiger partial charge in [0.15, 0.2) is 6.29 Å². The summed E-state index contributed by atoms with van der Waals surface area (Å²) >= 11 is 0. The number of carbonyl (C=O) groups is 2. The molecule has 7 nitrogen and oxygen atoms in total. The Morgan fingerprint density at radius 3 is 2.47 bits per heavy atom. The molecule has 0 aliphatic carbocycles. The highest BCUT2D eigenvalue weighted by Crippen LogP contribution is 2.34. The van der Waals surface area contributed by atoms with Gasteiger partial charge in [0.2, 0.25) is 0 Å². The number of alkyl halides is 3. The summed E-state index contributed by atoms with van der Waals surface area (Å²) in [6.45, 7) is 1.64. The second-order valence-corrected chi connectivity index (χ2v) is 8.48. The number of hydrogen-bond donors (Lipinski definition) is 2. The molecule has 0 spiro atoms. The average Bonchev–Trinajstić information content (AvgIpc) is 3.37. The Kier molecular flexibility index (Phi) is 8.76. The standard InChI is InChI=1S/C24H21F3N4O2.C2H7N/c1-15-2-3-20(30-23(33)31-7-5-19(13-31)24(25,26)27)10-22(15)18-8-17(11-28-12-18)16-4-6-29-21(9-16)14-32;1-3-2/h2-4,6,8-12,14,19H,5,7,13H2,1H3,(H,30,33);3H,1-2H3. The smallest absolute Gasteiger partial charge is 0.324 e. The van der Waals surface area contributed by atoms with E-state index in [0.29, 0.717) is 17.7 Å². The van der Waals surface area contributed by atoms with Crippen LogP contribution in [0.1, 0.15) is 22.5 Å². The lowest BCUT2D eigenvalue weighted by molar-refractivity contribution is -0.169. The molecule has 4 rings (SSSR count). The number of nitrogens with zero attached hydrogens (tertiary/aromatic N) is 3. The Morgan fingerprint density at radius 2 is 1.81 bits per heavy atom. The van der Waals surface area contributed by atoms with Crippen LogP contribution in [-0.4, -0.2) is 60.5 Å². The molecule has 1 unspecified atom stereocenters. The van der Waals surface area contributed by atoms with Gasteiger partial charge in [-0.2, -0.15) is 13.2 Å². The first kappa shape index (κ1) is 26.8. The van der Waals surface area contributed by atoms with E-state index in [0.717, 1.165) is 27.8 Å². The maximum absolute atomic E-state index is 12.9. The molecule has 1 aliphatic rings. The molecule has 3 aromatic rings. The highest BCUT2D eigenvalue weighted by molar-refractivity contribution is 5.91. The Morgan fingerprint density at radius 1 is 1.08 bits per heavy atom. The van der Waals surface area contributed by atoms with Gasteiger partial charge in [-0.05, 0) is 74.5 Å². The van der Waals surface area contributed by atoms with Gasteiger partial charge in [-0.3, -0.25) is 14.8 Å². The number of halogens is 3. The molecule has 2 aromatic heterocycles. The molecule has 0 radical (unpaired) electrons. The Bertz CT molecular complexity index is 1220. The number of amides is 2. The minimum Gasteiger partial charge on any atom is -0.324 e. The molecule has 1 saturated heterocycles. The number of urea groups is 1. The summed E-state index contributed by atoms with van der Waals surface area (Å²) in [5.74, 6) is -1.49. The second kappa shape index (κ2) is 11.8. The van der Waals surface area contributed by atoms with Crippen LogP contribution in [0.5, 0.6) is 0 Å². The summed E-state index contributed by atoms with van der Waals surface area (Å²) in [5, 5.41) is 5.46. The fraction of sp³-hybridized carbons (Fsp3) is 0.308. The minimum atomic E-state index is -4.30. The summed E-state index contributed by atoms with van der Waals surface area (Å²) < 4.78 is 38.8. The van der Waals surface area contributed by atoms with Crippen molar-refractivity contribution in [2.75, 3.05) is 32.5 Å². The molecule has 3 heterocycles. The van der Waals surface area contributed by atoms with E-state index in [-0.39, 0.29) is 19.5 Å². The van der Waals surface area contributed by atoms with Crippen molar-refractivity contribution in [1.82, 2.24) is 20.2 Å². The number of hydrogen-bond acceptors (Lipinski definition) is 5. The highest BCUT2D eigenvalue weighted by atomic mass is 19.4. The number of rotatable bonds is 4. The molecule has 0 bridgehead atoms. The van der Waals surface area contributed by atoms with Gasteiger partial charge in [0, 0.05) is 48.5 Å². The van der Waals surface area contributed by atoms with Crippen molar-refractivity contribution in [3.8, 4) is 22.3 Å². The van der Waals surface area contributed by atoms with E-state index in [1.54, 1.807) is 42.9 Å². The lowest BCUT2D eigenvalue weighted by Gasteiger charge is -2.19. The monoisotopic (exact) mass is 499 g/mol. The van der Waals surface area contributed by atoms with Gasteiger partial charge in [0.05, 0.1) is 5.92 Å². The van der Waals surface area contributed by atoms with E-state index < -0.39 is 18.1 Å². The van der Waals surface area contributed by atoms with E-state index in [1.165, 1.54) is 4.90 Å². The van der Waals surface area contributed by atoms with Gasteiger partial charge in [0.25, 0.3) is 0 Å². The Balaban J connectivity index is 0.00000115. The first-order valence-corrected chi connectivity index (χ1v) is 11.3. The molecule has 36 heavy (non-hydrogen) atoms. The molecule has 1 aromatic carbocycles. The third-order valence-electron chi connectivity index (χ3n) is 5.71. The van der Waals surface area contributed by atoms with Crippen LogP contribution in [0.25, 0.3) is 22.3 Å². The number of aldehydes is 1. The number of benzene rings is 1. The Labute approximate surface area is 207 Å². The third-order valence-corrected chi connectivity index (χ3v) is 5.71. The number of likely N-dealkylation sites (tertiary alicyclic amines) is 1. The highest BCUT2D eigenvalue weighted by Gasteiger charge is 2.44. The van der Waals surface area contributed by atoms with Crippen molar-refractivity contribution in [2.24, 2.45) is 5.92 Å². The lowest BCUT2D eigenvalue weighted by Crippen LogP contribution is -2.35. The minimum absolute atomic E-state index is 0.0649. The number of pyridine rings is 2. The van der Waals surface area contributed by atoms with Crippen LogP contribution >= 0.6 is 0 Å². The van der Waals surface area contributed by atoms with Crippen molar-refractivity contribution in [1.29, 1.82) is 0 Å². The van der Waals surface area contributed by atoms with Crippen molar-refractivity contribution < 1.29 is 22.8 Å². The van der Waals surface area contributed by atoms with Crippen molar-refractivity contribution in [3.05, 3.63) is 66.2 Å². The van der Waals surface area contributed by atoms with Crippen molar-refractivity contribution >= 4 is 18.0 Å². The zero-order valence-corrected chi connectivity index (χ0v) is 20.3. The number of aryl methyl sites for hydroxylation is 1. The average molecular weight is 500 g/mol. The van der Waals surface area contributed by atoms with Gasteiger partial charge in [-0.1, -0.05) is 6.07 Å². The molecular weight excluding hydrogens is 471 g/mol. The van der Waals surface area contributed by atoms with Crippen LogP contribution in [0.2, 0.25) is 0 Å². The molecule has 190 valence electrons. The summed E-state index contributed by atoms with van der Waals surface area (Å²) in [6, 6.07) is 10.1. The summed E-state index contributed by atoms with van der Waals surface area (Å²) in [4.78, 5) is 33.0. The molecule has 2 amide bonds. The van der Waals surface area contributed by atoms with E-state index in [4.69, 9.17) is 0 Å². The predicted molar refractivity (Wildman–Crippen MR) is 133 cm³/mol. The van der Waals surface area contributed by atoms with E-state index in [2.05, 4.69) is 20.6 Å². The van der Waals surface area contributed by atoms with Crippen LogP contribution in [0, 0.1) is 12.8 Å². The quantitative estimate of drug-likeness (QED) is 0.483. The summed E-state index contributed by atoms with van der Waals surface area (Å²) in [5.41, 5.74) is 4.93. The van der Waals surface area contributed by atoms with Crippen LogP contribution in [0.3, 0.4) is 0 Å². The summed E-state index contributed by atoms with van der Waals surface area (Å²) in [6.07, 6.45) is 1.20. The van der Waals surface area contributed by atoms with Gasteiger partial charge in [-0.15, -0.1) is 0 Å². The lowest BCUT2D eigenvalue weighted by atomic mass is 9.98. The molecule has 1 aliphatic heterocycles. The van der Waals surface area contributed by atoms with Gasteiger partial charge in [0.1, 0.15) is 5.69 Å². The van der Waals surface area contributed by atoms with E-state index >= 15 is 0 Å². The first-order valence-electron chi connectivity index (χ1n) is 11.3. The van der Waals surface area contributed by atoms with Crippen LogP contribution in [-0.2, 0) is 0 Å². The largest absolute Gasteiger partial charge is 0.393 e. The second-order valence-electron chi connectivity index (χ2n) is 8.48. The van der Waals surface area contributed by atoms with E-state index in [1.807, 2.05) is 33.2 Å². The number of carbonyl (C=O) groups excluding carboxylic acids is 2. The van der Waals surface area contributed by atoms with Crippen LogP contribution in [0.15, 0.2) is 55.0 Å².